The van der Waals surface area contributed by atoms with Crippen LogP contribution in [0.3, 0.4) is 0 Å². The molecular weight excluding hydrogens is 299 g/mol. The normalized spacial score (nSPS) is 11.4. The van der Waals surface area contributed by atoms with Gasteiger partial charge in [0.1, 0.15) is 5.82 Å². The SMILES string of the molecule is Cc1ccc(F)cc1N(CC(C)(C)N)C(=O)CBr. The Labute approximate surface area is 115 Å². The van der Waals surface area contributed by atoms with Gasteiger partial charge in [-0.1, -0.05) is 22.0 Å². The highest BCUT2D eigenvalue weighted by Gasteiger charge is 2.23. The van der Waals surface area contributed by atoms with E-state index in [0.29, 0.717) is 12.2 Å². The third-order valence-electron chi connectivity index (χ3n) is 2.44. The van der Waals surface area contributed by atoms with Crippen LogP contribution in [-0.2, 0) is 4.79 Å². The lowest BCUT2D eigenvalue weighted by molar-refractivity contribution is -0.116. The molecule has 0 unspecified atom stereocenters. The van der Waals surface area contributed by atoms with Gasteiger partial charge in [0, 0.05) is 17.8 Å². The van der Waals surface area contributed by atoms with Crippen LogP contribution in [0.15, 0.2) is 18.2 Å². The van der Waals surface area contributed by atoms with E-state index in [2.05, 4.69) is 15.9 Å². The van der Waals surface area contributed by atoms with Crippen molar-refractivity contribution < 1.29 is 9.18 Å². The summed E-state index contributed by atoms with van der Waals surface area (Å²) in [6.45, 7) is 5.83. The van der Waals surface area contributed by atoms with Crippen molar-refractivity contribution in [1.82, 2.24) is 0 Å². The van der Waals surface area contributed by atoms with Crippen molar-refractivity contribution in [2.24, 2.45) is 5.73 Å². The highest BCUT2D eigenvalue weighted by atomic mass is 79.9. The van der Waals surface area contributed by atoms with Crippen LogP contribution < -0.4 is 10.6 Å². The number of halogens is 2. The first-order valence-corrected chi connectivity index (χ1v) is 6.78. The van der Waals surface area contributed by atoms with E-state index in [0.717, 1.165) is 5.56 Å². The van der Waals surface area contributed by atoms with Crippen LogP contribution in [0.4, 0.5) is 10.1 Å². The van der Waals surface area contributed by atoms with Crippen molar-refractivity contribution in [3.05, 3.63) is 29.6 Å². The number of hydrogen-bond donors (Lipinski definition) is 1. The minimum absolute atomic E-state index is 0.137. The van der Waals surface area contributed by atoms with Gasteiger partial charge < -0.3 is 10.6 Å². The number of anilines is 1. The largest absolute Gasteiger partial charge is 0.324 e. The Morgan fingerprint density at radius 2 is 2.11 bits per heavy atom. The number of benzene rings is 1. The van der Waals surface area contributed by atoms with Crippen LogP contribution in [0.1, 0.15) is 19.4 Å². The summed E-state index contributed by atoms with van der Waals surface area (Å²) in [6, 6.07) is 4.40. The summed E-state index contributed by atoms with van der Waals surface area (Å²) >= 11 is 3.14. The smallest absolute Gasteiger partial charge is 0.237 e. The summed E-state index contributed by atoms with van der Waals surface area (Å²) in [5.41, 5.74) is 6.82. The van der Waals surface area contributed by atoms with E-state index in [9.17, 15) is 9.18 Å². The van der Waals surface area contributed by atoms with E-state index in [-0.39, 0.29) is 17.1 Å². The second-order valence-corrected chi connectivity index (χ2v) is 5.59. The van der Waals surface area contributed by atoms with Crippen molar-refractivity contribution in [1.29, 1.82) is 0 Å². The number of alkyl halides is 1. The summed E-state index contributed by atoms with van der Waals surface area (Å²) in [6.07, 6.45) is 0. The fourth-order valence-electron chi connectivity index (χ4n) is 1.66. The Morgan fingerprint density at radius 1 is 1.50 bits per heavy atom. The zero-order valence-electron chi connectivity index (χ0n) is 10.8. The molecule has 2 N–H and O–H groups in total. The van der Waals surface area contributed by atoms with Crippen LogP contribution in [0, 0.1) is 12.7 Å². The van der Waals surface area contributed by atoms with Crippen LogP contribution in [0.25, 0.3) is 0 Å². The van der Waals surface area contributed by atoms with Gasteiger partial charge in [-0.3, -0.25) is 4.79 Å². The molecule has 0 atom stereocenters. The summed E-state index contributed by atoms with van der Waals surface area (Å²) in [5.74, 6) is -0.500. The number of hydrogen-bond acceptors (Lipinski definition) is 2. The number of nitrogens with two attached hydrogens (primary N) is 1. The quantitative estimate of drug-likeness (QED) is 0.868. The zero-order valence-corrected chi connectivity index (χ0v) is 12.4. The van der Waals surface area contributed by atoms with Crippen molar-refractivity contribution in [2.45, 2.75) is 26.3 Å². The Balaban J connectivity index is 3.17. The molecule has 0 heterocycles. The number of nitrogens with zero attached hydrogens (tertiary/aromatic N) is 1. The van der Waals surface area contributed by atoms with Crippen molar-refractivity contribution >= 4 is 27.5 Å². The van der Waals surface area contributed by atoms with E-state index in [1.165, 1.54) is 17.0 Å². The summed E-state index contributed by atoms with van der Waals surface area (Å²) in [4.78, 5) is 13.5. The molecule has 0 aliphatic heterocycles. The number of amides is 1. The zero-order chi connectivity index (χ0) is 13.9. The topological polar surface area (TPSA) is 46.3 Å². The Bertz CT molecular complexity index is 443. The predicted octanol–water partition coefficient (Wildman–Crippen LogP) is 2.60. The maximum Gasteiger partial charge on any atom is 0.237 e. The number of carbonyl (C=O) groups is 1. The van der Waals surface area contributed by atoms with Crippen LogP contribution in [-0.4, -0.2) is 23.3 Å². The monoisotopic (exact) mass is 316 g/mol. The molecule has 100 valence electrons. The highest BCUT2D eigenvalue weighted by Crippen LogP contribution is 2.23. The third-order valence-corrected chi connectivity index (χ3v) is 2.92. The van der Waals surface area contributed by atoms with Gasteiger partial charge in [0.05, 0.1) is 5.33 Å². The first-order chi connectivity index (χ1) is 8.24. The second-order valence-electron chi connectivity index (χ2n) is 5.03. The maximum atomic E-state index is 13.3. The molecule has 1 amide bonds. The highest BCUT2D eigenvalue weighted by molar-refractivity contribution is 9.09. The lowest BCUT2D eigenvalue weighted by Gasteiger charge is -2.30. The molecule has 0 spiro atoms. The van der Waals surface area contributed by atoms with E-state index >= 15 is 0 Å². The van der Waals surface area contributed by atoms with Crippen molar-refractivity contribution in [3.63, 3.8) is 0 Å². The van der Waals surface area contributed by atoms with E-state index < -0.39 is 5.54 Å². The van der Waals surface area contributed by atoms with Gasteiger partial charge in [0.25, 0.3) is 0 Å². The average Bonchev–Trinajstić information content (AvgIpc) is 2.27. The van der Waals surface area contributed by atoms with Gasteiger partial charge in [-0.25, -0.2) is 4.39 Å². The molecule has 18 heavy (non-hydrogen) atoms. The fourth-order valence-corrected chi connectivity index (χ4v) is 1.96. The molecule has 3 nitrogen and oxygen atoms in total. The average molecular weight is 317 g/mol. The van der Waals surface area contributed by atoms with Crippen LogP contribution >= 0.6 is 15.9 Å². The molecule has 1 aromatic carbocycles. The predicted molar refractivity (Wildman–Crippen MR) is 75.6 cm³/mol. The molecule has 0 aromatic heterocycles. The molecule has 0 saturated heterocycles. The minimum Gasteiger partial charge on any atom is -0.324 e. The van der Waals surface area contributed by atoms with Gasteiger partial charge in [-0.05, 0) is 38.5 Å². The van der Waals surface area contributed by atoms with E-state index in [1.807, 2.05) is 20.8 Å². The molecule has 1 rings (SSSR count). The Hall–Kier alpha value is -0.940. The second kappa shape index (κ2) is 5.80. The van der Waals surface area contributed by atoms with E-state index in [4.69, 9.17) is 5.73 Å². The molecule has 1 aromatic rings. The Morgan fingerprint density at radius 3 is 2.61 bits per heavy atom. The first kappa shape index (κ1) is 15.1. The summed E-state index contributed by atoms with van der Waals surface area (Å²) < 4.78 is 13.3. The molecular formula is C13H18BrFN2O. The Kier molecular flexibility index (Phi) is 4.87. The number of aryl methyl sites for hydroxylation is 1. The number of rotatable bonds is 4. The third kappa shape index (κ3) is 4.07. The summed E-state index contributed by atoms with van der Waals surface area (Å²) in [5, 5.41) is 0.180. The maximum absolute atomic E-state index is 13.3. The number of carbonyl (C=O) groups excluding carboxylic acids is 1. The molecule has 0 aliphatic carbocycles. The molecule has 0 radical (unpaired) electrons. The van der Waals surface area contributed by atoms with Gasteiger partial charge in [-0.2, -0.15) is 0 Å². The molecule has 0 bridgehead atoms. The van der Waals surface area contributed by atoms with Gasteiger partial charge in [0.2, 0.25) is 5.91 Å². The molecule has 5 heteroatoms. The fraction of sp³-hybridized carbons (Fsp3) is 0.462. The lowest BCUT2D eigenvalue weighted by atomic mass is 10.0. The van der Waals surface area contributed by atoms with Crippen LogP contribution in [0.5, 0.6) is 0 Å². The van der Waals surface area contributed by atoms with Crippen molar-refractivity contribution in [3.8, 4) is 0 Å². The molecule has 0 aliphatic rings. The van der Waals surface area contributed by atoms with Gasteiger partial charge in [-0.15, -0.1) is 0 Å². The lowest BCUT2D eigenvalue weighted by Crippen LogP contribution is -2.48. The first-order valence-electron chi connectivity index (χ1n) is 5.66. The van der Waals surface area contributed by atoms with Gasteiger partial charge >= 0.3 is 0 Å². The van der Waals surface area contributed by atoms with Crippen molar-refractivity contribution in [2.75, 3.05) is 16.8 Å². The molecule has 0 fully saturated rings. The summed E-state index contributed by atoms with van der Waals surface area (Å²) in [7, 11) is 0. The van der Waals surface area contributed by atoms with Gasteiger partial charge in [0.15, 0.2) is 0 Å². The standard InChI is InChI=1S/C13H18BrFN2O/c1-9-4-5-10(15)6-11(9)17(12(18)7-14)8-13(2,3)16/h4-6H,7-8,16H2,1-3H3. The minimum atomic E-state index is -0.545. The molecule has 0 saturated carbocycles. The van der Waals surface area contributed by atoms with E-state index in [1.54, 1.807) is 6.07 Å². The van der Waals surface area contributed by atoms with Crippen LogP contribution in [0.2, 0.25) is 0 Å².